The van der Waals surface area contributed by atoms with Crippen LogP contribution < -0.4 is 4.90 Å². The number of halogens is 1. The van der Waals surface area contributed by atoms with Crippen LogP contribution in [0.15, 0.2) is 67.8 Å². The summed E-state index contributed by atoms with van der Waals surface area (Å²) in [5, 5.41) is 11.8. The molecule has 3 unspecified atom stereocenters. The molecule has 7 nitrogen and oxygen atoms in total. The number of ether oxygens (including phenoxy) is 1. The van der Waals surface area contributed by atoms with Gasteiger partial charge in [0.1, 0.15) is 6.04 Å². The van der Waals surface area contributed by atoms with Crippen molar-refractivity contribution in [3.05, 3.63) is 67.8 Å². The van der Waals surface area contributed by atoms with Gasteiger partial charge in [-0.1, -0.05) is 58.4 Å². The SMILES string of the molecule is C=CCCCOC(=O)[C@H]1[C@@H]2SC3(CC2Br)C(C(=O)N(CC=C)c2ccc4ccccc4c2)N(CCO)C(=O)[C@H]13. The molecule has 2 aromatic carbocycles. The van der Waals surface area contributed by atoms with E-state index in [0.29, 0.717) is 18.5 Å². The molecule has 2 amide bonds. The molecular weight excluding hydrogens is 580 g/mol. The maximum absolute atomic E-state index is 14.5. The van der Waals surface area contributed by atoms with Crippen LogP contribution in [-0.4, -0.2) is 75.0 Å². The van der Waals surface area contributed by atoms with E-state index in [1.807, 2.05) is 42.5 Å². The van der Waals surface area contributed by atoms with Gasteiger partial charge in [-0.05, 0) is 42.2 Å². The number of likely N-dealkylation sites (tertiary alicyclic amines) is 1. The summed E-state index contributed by atoms with van der Waals surface area (Å²) in [6.45, 7) is 7.84. The number of carbonyl (C=O) groups excluding carboxylic acids is 3. The van der Waals surface area contributed by atoms with E-state index in [0.717, 1.165) is 17.2 Å². The molecule has 0 aromatic heterocycles. The van der Waals surface area contributed by atoms with Crippen LogP contribution in [0.1, 0.15) is 19.3 Å². The van der Waals surface area contributed by atoms with Crippen molar-refractivity contribution in [3.8, 4) is 0 Å². The van der Waals surface area contributed by atoms with Gasteiger partial charge in [-0.2, -0.15) is 0 Å². The van der Waals surface area contributed by atoms with Crippen LogP contribution in [0.2, 0.25) is 0 Å². The van der Waals surface area contributed by atoms with E-state index in [1.165, 1.54) is 4.90 Å². The highest BCUT2D eigenvalue weighted by Crippen LogP contribution is 2.68. The summed E-state index contributed by atoms with van der Waals surface area (Å²) in [7, 11) is 0. The van der Waals surface area contributed by atoms with Gasteiger partial charge in [-0.25, -0.2) is 0 Å². The van der Waals surface area contributed by atoms with Gasteiger partial charge in [0.2, 0.25) is 5.91 Å². The molecule has 3 heterocycles. The first-order chi connectivity index (χ1) is 18.9. The topological polar surface area (TPSA) is 87.2 Å². The first kappa shape index (κ1) is 27.9. The second-order valence-corrected chi connectivity index (χ2v) is 13.0. The monoisotopic (exact) mass is 612 g/mol. The lowest BCUT2D eigenvalue weighted by molar-refractivity contribution is -0.154. The summed E-state index contributed by atoms with van der Waals surface area (Å²) in [6, 6.07) is 12.9. The van der Waals surface area contributed by atoms with Gasteiger partial charge in [0.05, 0.1) is 29.8 Å². The van der Waals surface area contributed by atoms with Crippen molar-refractivity contribution in [2.75, 3.05) is 31.2 Å². The minimum Gasteiger partial charge on any atom is -0.465 e. The molecule has 0 saturated carbocycles. The van der Waals surface area contributed by atoms with E-state index in [1.54, 1.807) is 28.8 Å². The van der Waals surface area contributed by atoms with E-state index < -0.39 is 28.6 Å². The summed E-state index contributed by atoms with van der Waals surface area (Å²) in [5.74, 6) is -2.23. The van der Waals surface area contributed by atoms with Crippen LogP contribution in [0.25, 0.3) is 10.8 Å². The Hall–Kier alpha value is -2.62. The zero-order valence-corrected chi connectivity index (χ0v) is 24.1. The average molecular weight is 614 g/mol. The van der Waals surface area contributed by atoms with Crippen LogP contribution in [0.3, 0.4) is 0 Å². The number of allylic oxidation sites excluding steroid dienone is 1. The van der Waals surface area contributed by atoms with Crippen LogP contribution in [0.4, 0.5) is 5.69 Å². The predicted octanol–water partition coefficient (Wildman–Crippen LogP) is 4.33. The third kappa shape index (κ3) is 4.72. The maximum atomic E-state index is 14.5. The zero-order valence-electron chi connectivity index (χ0n) is 21.7. The number of nitrogens with zero attached hydrogens (tertiary/aromatic N) is 2. The second-order valence-electron chi connectivity index (χ2n) is 10.3. The molecule has 206 valence electrons. The summed E-state index contributed by atoms with van der Waals surface area (Å²) < 4.78 is 4.82. The van der Waals surface area contributed by atoms with Gasteiger partial charge in [0.25, 0.3) is 5.91 Å². The fraction of sp³-hybridized carbons (Fsp3) is 0.433. The quantitative estimate of drug-likeness (QED) is 0.176. The van der Waals surface area contributed by atoms with Crippen molar-refractivity contribution in [2.45, 2.75) is 40.1 Å². The highest BCUT2D eigenvalue weighted by atomic mass is 79.9. The van der Waals surface area contributed by atoms with Crippen molar-refractivity contribution in [1.82, 2.24) is 4.90 Å². The molecule has 5 rings (SSSR count). The number of unbranched alkanes of at least 4 members (excludes halogenated alkanes) is 1. The van der Waals surface area contributed by atoms with E-state index >= 15 is 0 Å². The Morgan fingerprint density at radius 3 is 2.69 bits per heavy atom. The molecule has 2 bridgehead atoms. The number of fused-ring (bicyclic) bond motifs is 2. The molecule has 2 aromatic rings. The molecule has 0 radical (unpaired) electrons. The third-order valence-electron chi connectivity index (χ3n) is 8.06. The number of hydrogen-bond donors (Lipinski definition) is 1. The largest absolute Gasteiger partial charge is 0.465 e. The number of aliphatic hydroxyl groups is 1. The molecule has 3 aliphatic rings. The molecule has 3 saturated heterocycles. The number of benzene rings is 2. The lowest BCUT2D eigenvalue weighted by Crippen LogP contribution is -2.56. The minimum absolute atomic E-state index is 0.0203. The number of aliphatic hydroxyl groups excluding tert-OH is 1. The lowest BCUT2D eigenvalue weighted by atomic mass is 9.71. The highest BCUT2D eigenvalue weighted by Gasteiger charge is 2.76. The summed E-state index contributed by atoms with van der Waals surface area (Å²) >= 11 is 5.32. The first-order valence-electron chi connectivity index (χ1n) is 13.3. The van der Waals surface area contributed by atoms with Crippen molar-refractivity contribution in [3.63, 3.8) is 0 Å². The molecule has 39 heavy (non-hydrogen) atoms. The number of β-amino-alcohol motifs (C(OH)–C–C–N with tert-alkyl or cyclic N) is 1. The Kier molecular flexibility index (Phi) is 8.21. The lowest BCUT2D eigenvalue weighted by Gasteiger charge is -2.37. The van der Waals surface area contributed by atoms with E-state index in [9.17, 15) is 19.5 Å². The smallest absolute Gasteiger partial charge is 0.310 e. The predicted molar refractivity (Wildman–Crippen MR) is 158 cm³/mol. The number of amides is 2. The number of anilines is 1. The summed E-state index contributed by atoms with van der Waals surface area (Å²) in [5.41, 5.74) is 0.709. The van der Waals surface area contributed by atoms with Crippen molar-refractivity contribution >= 4 is 61.9 Å². The Morgan fingerprint density at radius 1 is 1.21 bits per heavy atom. The van der Waals surface area contributed by atoms with E-state index in [2.05, 4.69) is 29.1 Å². The Balaban J connectivity index is 1.51. The summed E-state index contributed by atoms with van der Waals surface area (Å²) in [6.07, 6.45) is 5.42. The number of rotatable bonds is 11. The Morgan fingerprint density at radius 2 is 1.97 bits per heavy atom. The Bertz CT molecular complexity index is 1300. The standard InChI is InChI=1S/C30H33BrN2O5S/c1-3-5-8-16-38-29(37)23-24-27(35)33(14-15-34)26(30(24)18-22(31)25(23)39-30)28(36)32(13-4-2)21-12-11-19-9-6-7-10-20(19)17-21/h3-4,6-7,9-12,17,22-26,34H,1-2,5,8,13-16,18H2/t22?,23-,24+,25-,26?,30?/m1/s1. The number of thioether (sulfide) groups is 1. The normalized spacial score (nSPS) is 28.9. The number of alkyl halides is 1. The molecular formula is C30H33BrN2O5S. The van der Waals surface area contributed by atoms with Gasteiger partial charge in [-0.3, -0.25) is 14.4 Å². The van der Waals surface area contributed by atoms with Crippen molar-refractivity contribution in [2.24, 2.45) is 11.8 Å². The van der Waals surface area contributed by atoms with Crippen molar-refractivity contribution < 1.29 is 24.2 Å². The fourth-order valence-electron chi connectivity index (χ4n) is 6.47. The minimum atomic E-state index is -0.831. The molecule has 1 spiro atoms. The van der Waals surface area contributed by atoms with E-state index in [4.69, 9.17) is 4.74 Å². The molecule has 1 N–H and O–H groups in total. The van der Waals surface area contributed by atoms with Gasteiger partial charge >= 0.3 is 5.97 Å². The van der Waals surface area contributed by atoms with Crippen LogP contribution in [-0.2, 0) is 19.1 Å². The fourth-order valence-corrected chi connectivity index (χ4v) is 10.1. The number of carbonyl (C=O) groups is 3. The van der Waals surface area contributed by atoms with Crippen LogP contribution in [0, 0.1) is 11.8 Å². The second kappa shape index (κ2) is 11.5. The molecule has 3 fully saturated rings. The van der Waals surface area contributed by atoms with Gasteiger partial charge in [0.15, 0.2) is 0 Å². The van der Waals surface area contributed by atoms with Gasteiger partial charge in [0, 0.05) is 28.9 Å². The van der Waals surface area contributed by atoms with Gasteiger partial charge < -0.3 is 19.6 Å². The zero-order chi connectivity index (χ0) is 27.7. The molecule has 6 atom stereocenters. The van der Waals surface area contributed by atoms with Crippen molar-refractivity contribution in [1.29, 1.82) is 0 Å². The Labute approximate surface area is 241 Å². The van der Waals surface area contributed by atoms with E-state index in [-0.39, 0.29) is 48.2 Å². The number of esters is 1. The van der Waals surface area contributed by atoms with Crippen LogP contribution >= 0.6 is 27.7 Å². The molecule has 3 aliphatic heterocycles. The third-order valence-corrected chi connectivity index (χ3v) is 11.3. The summed E-state index contributed by atoms with van der Waals surface area (Å²) in [4.78, 5) is 44.9. The maximum Gasteiger partial charge on any atom is 0.310 e. The number of hydrogen-bond acceptors (Lipinski definition) is 6. The first-order valence-corrected chi connectivity index (χ1v) is 15.1. The average Bonchev–Trinajstić information content (AvgIpc) is 3.53. The molecule has 0 aliphatic carbocycles. The highest BCUT2D eigenvalue weighted by molar-refractivity contribution is 9.09. The van der Waals surface area contributed by atoms with Crippen LogP contribution in [0.5, 0.6) is 0 Å². The van der Waals surface area contributed by atoms with Gasteiger partial charge in [-0.15, -0.1) is 24.9 Å². The molecule has 9 heteroatoms.